The van der Waals surface area contributed by atoms with Crippen molar-refractivity contribution >= 4 is 18.5 Å². The fourth-order valence-corrected chi connectivity index (χ4v) is 3.98. The first-order valence-electron chi connectivity index (χ1n) is 8.30. The molecule has 1 amide bonds. The van der Waals surface area contributed by atoms with Gasteiger partial charge in [-0.2, -0.15) is 12.6 Å². The predicted molar refractivity (Wildman–Crippen MR) is 97.9 cm³/mol. The maximum absolute atomic E-state index is 13.5. The second-order valence-corrected chi connectivity index (χ2v) is 6.46. The van der Waals surface area contributed by atoms with Crippen LogP contribution in [0.5, 0.6) is 0 Å². The summed E-state index contributed by atoms with van der Waals surface area (Å²) in [5.41, 5.74) is 1.34. The zero-order valence-electron chi connectivity index (χ0n) is 13.3. The van der Waals surface area contributed by atoms with E-state index in [4.69, 9.17) is 0 Å². The van der Waals surface area contributed by atoms with Crippen LogP contribution in [0.15, 0.2) is 60.7 Å². The first kappa shape index (κ1) is 16.1. The molecule has 0 saturated carbocycles. The van der Waals surface area contributed by atoms with Crippen molar-refractivity contribution in [2.75, 3.05) is 18.8 Å². The summed E-state index contributed by atoms with van der Waals surface area (Å²) in [5.74, 6) is 0.653. The fraction of sp³-hybridized carbons (Fsp3) is 0.350. The van der Waals surface area contributed by atoms with Gasteiger partial charge in [-0.15, -0.1) is 0 Å². The average Bonchev–Trinajstić information content (AvgIpc) is 2.65. The minimum Gasteiger partial charge on any atom is -0.342 e. The van der Waals surface area contributed by atoms with Gasteiger partial charge in [0.05, 0.1) is 0 Å². The number of carbonyl (C=O) groups excluding carboxylic acids is 1. The molecule has 0 spiro atoms. The molecule has 3 heteroatoms. The molecular weight excluding hydrogens is 302 g/mol. The Morgan fingerprint density at radius 3 is 1.78 bits per heavy atom. The molecular formula is C20H23NOS. The molecule has 0 unspecified atom stereocenters. The van der Waals surface area contributed by atoms with Crippen LogP contribution in [-0.4, -0.2) is 29.6 Å². The van der Waals surface area contributed by atoms with Gasteiger partial charge >= 0.3 is 0 Å². The van der Waals surface area contributed by atoms with E-state index >= 15 is 0 Å². The van der Waals surface area contributed by atoms with E-state index in [1.807, 2.05) is 65.6 Å². The molecule has 1 heterocycles. The van der Waals surface area contributed by atoms with Crippen LogP contribution in [0.4, 0.5) is 0 Å². The molecule has 0 aliphatic carbocycles. The summed E-state index contributed by atoms with van der Waals surface area (Å²) >= 11 is 4.64. The quantitative estimate of drug-likeness (QED) is 0.845. The maximum Gasteiger partial charge on any atom is 0.238 e. The summed E-state index contributed by atoms with van der Waals surface area (Å²) in [6.45, 7) is 1.71. The van der Waals surface area contributed by atoms with Crippen molar-refractivity contribution in [1.29, 1.82) is 0 Å². The summed E-state index contributed by atoms with van der Waals surface area (Å²) in [6.07, 6.45) is 3.41. The van der Waals surface area contributed by atoms with Gasteiger partial charge in [-0.25, -0.2) is 0 Å². The fourth-order valence-electron chi connectivity index (χ4n) is 3.48. The largest absolute Gasteiger partial charge is 0.342 e. The van der Waals surface area contributed by atoms with Crippen LogP contribution in [0, 0.1) is 0 Å². The van der Waals surface area contributed by atoms with Gasteiger partial charge in [-0.1, -0.05) is 60.7 Å². The van der Waals surface area contributed by atoms with Crippen molar-refractivity contribution in [3.8, 4) is 0 Å². The average molecular weight is 325 g/mol. The van der Waals surface area contributed by atoms with Crippen molar-refractivity contribution in [3.05, 3.63) is 71.8 Å². The molecule has 2 aromatic rings. The molecule has 0 atom stereocenters. The van der Waals surface area contributed by atoms with Crippen LogP contribution in [0.2, 0.25) is 0 Å². The first-order chi connectivity index (χ1) is 11.3. The van der Waals surface area contributed by atoms with E-state index in [1.54, 1.807) is 0 Å². The van der Waals surface area contributed by atoms with E-state index in [1.165, 1.54) is 6.42 Å². The smallest absolute Gasteiger partial charge is 0.238 e. The second kappa shape index (κ2) is 7.22. The molecule has 0 bridgehead atoms. The highest BCUT2D eigenvalue weighted by atomic mass is 32.1. The van der Waals surface area contributed by atoms with Crippen molar-refractivity contribution in [2.24, 2.45) is 0 Å². The zero-order chi connectivity index (χ0) is 16.1. The number of likely N-dealkylation sites (tertiary alicyclic amines) is 1. The van der Waals surface area contributed by atoms with Crippen molar-refractivity contribution < 1.29 is 4.79 Å². The normalized spacial score (nSPS) is 15.4. The number of hydrogen-bond donors (Lipinski definition) is 1. The molecule has 2 nitrogen and oxygen atoms in total. The molecule has 0 aromatic heterocycles. The Labute approximate surface area is 143 Å². The van der Waals surface area contributed by atoms with Gasteiger partial charge in [0.25, 0.3) is 0 Å². The van der Waals surface area contributed by atoms with Gasteiger partial charge in [0.2, 0.25) is 5.91 Å². The van der Waals surface area contributed by atoms with Gasteiger partial charge in [-0.3, -0.25) is 4.79 Å². The molecule has 1 aliphatic heterocycles. The van der Waals surface area contributed by atoms with E-state index in [0.29, 0.717) is 5.75 Å². The van der Waals surface area contributed by atoms with Crippen molar-refractivity contribution in [1.82, 2.24) is 4.90 Å². The lowest BCUT2D eigenvalue weighted by atomic mass is 9.74. The minimum absolute atomic E-state index is 0.185. The molecule has 3 rings (SSSR count). The number of rotatable bonds is 4. The summed E-state index contributed by atoms with van der Waals surface area (Å²) in [7, 11) is 0. The van der Waals surface area contributed by atoms with Crippen LogP contribution in [0.25, 0.3) is 0 Å². The Morgan fingerprint density at radius 1 is 0.870 bits per heavy atom. The molecule has 120 valence electrons. The van der Waals surface area contributed by atoms with Crippen LogP contribution < -0.4 is 0 Å². The number of piperidine rings is 1. The van der Waals surface area contributed by atoms with Gasteiger partial charge in [0.15, 0.2) is 0 Å². The monoisotopic (exact) mass is 325 g/mol. The predicted octanol–water partition coefficient (Wildman–Crippen LogP) is 3.92. The SMILES string of the molecule is O=C(N1CCCCC1)C(CS)(c1ccccc1)c1ccccc1. The number of carbonyl (C=O) groups is 1. The first-order valence-corrected chi connectivity index (χ1v) is 8.93. The molecule has 0 N–H and O–H groups in total. The Kier molecular flexibility index (Phi) is 5.06. The highest BCUT2D eigenvalue weighted by molar-refractivity contribution is 7.80. The third kappa shape index (κ3) is 3.02. The molecule has 1 fully saturated rings. The van der Waals surface area contributed by atoms with Crippen molar-refractivity contribution in [3.63, 3.8) is 0 Å². The van der Waals surface area contributed by atoms with E-state index in [9.17, 15) is 4.79 Å². The highest BCUT2D eigenvalue weighted by Gasteiger charge is 2.43. The number of nitrogens with zero attached hydrogens (tertiary/aromatic N) is 1. The Morgan fingerprint density at radius 2 is 1.35 bits per heavy atom. The Hall–Kier alpha value is -1.74. The summed E-state index contributed by atoms with van der Waals surface area (Å²) in [6, 6.07) is 20.2. The lowest BCUT2D eigenvalue weighted by Gasteiger charge is -2.39. The van der Waals surface area contributed by atoms with Gasteiger partial charge in [0, 0.05) is 18.8 Å². The van der Waals surface area contributed by atoms with Crippen LogP contribution in [0.3, 0.4) is 0 Å². The summed E-state index contributed by atoms with van der Waals surface area (Å²) < 4.78 is 0. The van der Waals surface area contributed by atoms with Crippen LogP contribution in [0.1, 0.15) is 30.4 Å². The second-order valence-electron chi connectivity index (χ2n) is 6.15. The molecule has 1 aliphatic rings. The Bertz CT molecular complexity index is 596. The van der Waals surface area contributed by atoms with E-state index < -0.39 is 5.41 Å². The van der Waals surface area contributed by atoms with E-state index in [-0.39, 0.29) is 5.91 Å². The standard InChI is InChI=1S/C20H23NOS/c22-19(21-14-8-3-9-15-21)20(16-23,17-10-4-1-5-11-17)18-12-6-2-7-13-18/h1-2,4-7,10-13,23H,3,8-9,14-16H2. The van der Waals surface area contributed by atoms with E-state index in [0.717, 1.165) is 37.1 Å². The zero-order valence-corrected chi connectivity index (χ0v) is 14.2. The molecule has 0 radical (unpaired) electrons. The van der Waals surface area contributed by atoms with Gasteiger partial charge in [-0.05, 0) is 30.4 Å². The molecule has 2 aromatic carbocycles. The van der Waals surface area contributed by atoms with Gasteiger partial charge < -0.3 is 4.90 Å². The lowest BCUT2D eigenvalue weighted by Crippen LogP contribution is -2.50. The number of thiol groups is 1. The summed E-state index contributed by atoms with van der Waals surface area (Å²) in [5, 5.41) is 0. The Balaban J connectivity index is 2.11. The number of amides is 1. The van der Waals surface area contributed by atoms with Crippen LogP contribution in [-0.2, 0) is 10.2 Å². The van der Waals surface area contributed by atoms with Crippen molar-refractivity contribution in [2.45, 2.75) is 24.7 Å². The number of hydrogen-bond acceptors (Lipinski definition) is 2. The lowest BCUT2D eigenvalue weighted by molar-refractivity contribution is -0.136. The third-order valence-electron chi connectivity index (χ3n) is 4.78. The minimum atomic E-state index is -0.705. The van der Waals surface area contributed by atoms with Gasteiger partial charge in [0.1, 0.15) is 5.41 Å². The maximum atomic E-state index is 13.5. The number of benzene rings is 2. The molecule has 23 heavy (non-hydrogen) atoms. The topological polar surface area (TPSA) is 20.3 Å². The third-order valence-corrected chi connectivity index (χ3v) is 5.25. The van der Waals surface area contributed by atoms with Crippen LogP contribution >= 0.6 is 12.6 Å². The molecule has 1 saturated heterocycles. The highest BCUT2D eigenvalue weighted by Crippen LogP contribution is 2.36. The van der Waals surface area contributed by atoms with E-state index in [2.05, 4.69) is 12.6 Å². The summed E-state index contributed by atoms with van der Waals surface area (Å²) in [4.78, 5) is 15.6.